The number of ether oxygens (including phenoxy) is 3. The lowest BCUT2D eigenvalue weighted by atomic mass is 10.3. The van der Waals surface area contributed by atoms with Crippen LogP contribution < -0.4 is 10.1 Å². The Balaban J connectivity index is 1.82. The van der Waals surface area contributed by atoms with Gasteiger partial charge in [0.2, 0.25) is 5.82 Å². The Hall–Kier alpha value is -1.73. The molecular weight excluding hydrogens is 238 g/mol. The molecule has 2 rings (SSSR count). The monoisotopic (exact) mass is 253 g/mol. The summed E-state index contributed by atoms with van der Waals surface area (Å²) >= 11 is 0. The van der Waals surface area contributed by atoms with E-state index in [9.17, 15) is 4.79 Å². The normalized spacial score (nSPS) is 19.3. The quantitative estimate of drug-likeness (QED) is 0.788. The first-order chi connectivity index (χ1) is 8.79. The summed E-state index contributed by atoms with van der Waals surface area (Å²) in [5.74, 6) is 0.273. The molecule has 0 unspecified atom stereocenters. The predicted octanol–water partition coefficient (Wildman–Crippen LogP) is -0.370. The average Bonchev–Trinajstić information content (AvgIpc) is 2.46. The first-order valence-corrected chi connectivity index (χ1v) is 5.63. The Bertz CT molecular complexity index is 390. The van der Waals surface area contributed by atoms with Gasteiger partial charge in [-0.15, -0.1) is 0 Å². The third-order valence-corrected chi connectivity index (χ3v) is 2.44. The van der Waals surface area contributed by atoms with E-state index in [1.54, 1.807) is 0 Å². The first kappa shape index (κ1) is 12.7. The van der Waals surface area contributed by atoms with Gasteiger partial charge in [0.15, 0.2) is 5.75 Å². The van der Waals surface area contributed by atoms with Crippen LogP contribution in [0.25, 0.3) is 0 Å². The van der Waals surface area contributed by atoms with E-state index in [4.69, 9.17) is 14.2 Å². The maximum absolute atomic E-state index is 11.7. The van der Waals surface area contributed by atoms with Crippen molar-refractivity contribution in [2.75, 3.05) is 33.5 Å². The lowest BCUT2D eigenvalue weighted by molar-refractivity contribution is -0.0855. The molecule has 0 aliphatic carbocycles. The third-order valence-electron chi connectivity index (χ3n) is 2.44. The molecule has 7 nitrogen and oxygen atoms in total. The number of rotatable bonds is 4. The second-order valence-electron chi connectivity index (χ2n) is 3.72. The second-order valence-corrected chi connectivity index (χ2v) is 3.72. The van der Waals surface area contributed by atoms with Crippen LogP contribution in [0, 0.1) is 0 Å². The van der Waals surface area contributed by atoms with Crippen LogP contribution in [0.1, 0.15) is 10.6 Å². The summed E-state index contributed by atoms with van der Waals surface area (Å²) in [5.41, 5.74) is 0. The van der Waals surface area contributed by atoms with E-state index < -0.39 is 0 Å². The number of aromatic nitrogens is 2. The van der Waals surface area contributed by atoms with Crippen LogP contribution in [-0.2, 0) is 9.47 Å². The van der Waals surface area contributed by atoms with Crippen molar-refractivity contribution in [1.82, 2.24) is 15.3 Å². The molecule has 1 aliphatic heterocycles. The Morgan fingerprint density at radius 2 is 2.28 bits per heavy atom. The number of nitrogens with one attached hydrogen (secondary N) is 1. The summed E-state index contributed by atoms with van der Waals surface area (Å²) in [6.07, 6.45) is 2.78. The molecule has 1 atom stereocenters. The fourth-order valence-corrected chi connectivity index (χ4v) is 1.48. The van der Waals surface area contributed by atoms with E-state index >= 15 is 0 Å². The van der Waals surface area contributed by atoms with Crippen LogP contribution in [0.3, 0.4) is 0 Å². The molecule has 98 valence electrons. The van der Waals surface area contributed by atoms with Crippen molar-refractivity contribution in [1.29, 1.82) is 0 Å². The highest BCUT2D eigenvalue weighted by atomic mass is 16.6. The first-order valence-electron chi connectivity index (χ1n) is 5.63. The SMILES string of the molecule is COc1cnc(C(=O)NC[C@H]2COCCO2)nc1. The van der Waals surface area contributed by atoms with Gasteiger partial charge in [-0.25, -0.2) is 9.97 Å². The summed E-state index contributed by atoms with van der Waals surface area (Å²) in [5, 5.41) is 2.70. The van der Waals surface area contributed by atoms with Crippen molar-refractivity contribution in [2.45, 2.75) is 6.10 Å². The molecule has 0 bridgehead atoms. The molecule has 1 aliphatic rings. The highest BCUT2D eigenvalue weighted by Crippen LogP contribution is 2.04. The molecule has 7 heteroatoms. The lowest BCUT2D eigenvalue weighted by Crippen LogP contribution is -2.40. The molecule has 0 spiro atoms. The maximum Gasteiger partial charge on any atom is 0.289 e. The minimum atomic E-state index is -0.341. The topological polar surface area (TPSA) is 82.6 Å². The number of carbonyl (C=O) groups excluding carboxylic acids is 1. The van der Waals surface area contributed by atoms with Gasteiger partial charge in [0, 0.05) is 6.54 Å². The number of hydrogen-bond donors (Lipinski definition) is 1. The Labute approximate surface area is 104 Å². The minimum absolute atomic E-state index is 0.104. The molecule has 0 radical (unpaired) electrons. The molecular formula is C11H15N3O4. The summed E-state index contributed by atoms with van der Waals surface area (Å²) < 4.78 is 15.5. The van der Waals surface area contributed by atoms with Crippen LogP contribution in [0.4, 0.5) is 0 Å². The average molecular weight is 253 g/mol. The van der Waals surface area contributed by atoms with Crippen LogP contribution >= 0.6 is 0 Å². The number of nitrogens with zero attached hydrogens (tertiary/aromatic N) is 2. The largest absolute Gasteiger partial charge is 0.494 e. The third kappa shape index (κ3) is 3.38. The molecule has 1 amide bonds. The number of amides is 1. The Morgan fingerprint density at radius 3 is 2.89 bits per heavy atom. The van der Waals surface area contributed by atoms with E-state index in [0.717, 1.165) is 0 Å². The molecule has 1 fully saturated rings. The van der Waals surface area contributed by atoms with Crippen molar-refractivity contribution >= 4 is 5.91 Å². The zero-order chi connectivity index (χ0) is 12.8. The van der Waals surface area contributed by atoms with Crippen molar-refractivity contribution < 1.29 is 19.0 Å². The highest BCUT2D eigenvalue weighted by molar-refractivity contribution is 5.90. The van der Waals surface area contributed by atoms with Crippen molar-refractivity contribution in [3.05, 3.63) is 18.2 Å². The van der Waals surface area contributed by atoms with Gasteiger partial charge in [0.25, 0.3) is 5.91 Å². The van der Waals surface area contributed by atoms with Gasteiger partial charge in [-0.2, -0.15) is 0 Å². The van der Waals surface area contributed by atoms with Crippen LogP contribution in [0.5, 0.6) is 5.75 Å². The fourth-order valence-electron chi connectivity index (χ4n) is 1.48. The molecule has 2 heterocycles. The van der Waals surface area contributed by atoms with E-state index in [1.807, 2.05) is 0 Å². The molecule has 0 aromatic carbocycles. The number of methoxy groups -OCH3 is 1. The van der Waals surface area contributed by atoms with Crippen molar-refractivity contribution in [3.8, 4) is 5.75 Å². The van der Waals surface area contributed by atoms with Gasteiger partial charge in [0.05, 0.1) is 45.4 Å². The van der Waals surface area contributed by atoms with Gasteiger partial charge >= 0.3 is 0 Å². The molecule has 1 aromatic heterocycles. The van der Waals surface area contributed by atoms with Crippen LogP contribution in [0.15, 0.2) is 12.4 Å². The molecule has 1 N–H and O–H groups in total. The molecule has 1 saturated heterocycles. The standard InChI is InChI=1S/C11H15N3O4/c1-16-8-4-12-10(13-5-8)11(15)14-6-9-7-17-2-3-18-9/h4-5,9H,2-3,6-7H2,1H3,(H,14,15)/t9-/m0/s1. The van der Waals surface area contributed by atoms with Gasteiger partial charge < -0.3 is 19.5 Å². The predicted molar refractivity (Wildman–Crippen MR) is 61.5 cm³/mol. The summed E-state index contributed by atoms with van der Waals surface area (Å²) in [4.78, 5) is 19.5. The van der Waals surface area contributed by atoms with E-state index in [1.165, 1.54) is 19.5 Å². The minimum Gasteiger partial charge on any atom is -0.494 e. The van der Waals surface area contributed by atoms with Gasteiger partial charge in [-0.05, 0) is 0 Å². The summed E-state index contributed by atoms with van der Waals surface area (Å²) in [7, 11) is 1.51. The Kier molecular flexibility index (Phi) is 4.43. The fraction of sp³-hybridized carbons (Fsp3) is 0.545. The van der Waals surface area contributed by atoms with E-state index in [0.29, 0.717) is 32.1 Å². The van der Waals surface area contributed by atoms with Gasteiger partial charge in [-0.1, -0.05) is 0 Å². The zero-order valence-electron chi connectivity index (χ0n) is 10.1. The van der Waals surface area contributed by atoms with Gasteiger partial charge in [-0.3, -0.25) is 4.79 Å². The summed E-state index contributed by atoms with van der Waals surface area (Å²) in [6, 6.07) is 0. The molecule has 18 heavy (non-hydrogen) atoms. The van der Waals surface area contributed by atoms with Crippen molar-refractivity contribution in [2.24, 2.45) is 0 Å². The van der Waals surface area contributed by atoms with E-state index in [2.05, 4.69) is 15.3 Å². The number of hydrogen-bond acceptors (Lipinski definition) is 6. The Morgan fingerprint density at radius 1 is 1.50 bits per heavy atom. The van der Waals surface area contributed by atoms with Gasteiger partial charge in [0.1, 0.15) is 0 Å². The second kappa shape index (κ2) is 6.27. The lowest BCUT2D eigenvalue weighted by Gasteiger charge is -2.22. The highest BCUT2D eigenvalue weighted by Gasteiger charge is 2.16. The maximum atomic E-state index is 11.7. The van der Waals surface area contributed by atoms with Crippen molar-refractivity contribution in [3.63, 3.8) is 0 Å². The van der Waals surface area contributed by atoms with E-state index in [-0.39, 0.29) is 17.8 Å². The number of carbonyl (C=O) groups is 1. The zero-order valence-corrected chi connectivity index (χ0v) is 10.1. The molecule has 1 aromatic rings. The summed E-state index contributed by atoms with van der Waals surface area (Å²) in [6.45, 7) is 2.03. The van der Waals surface area contributed by atoms with Crippen LogP contribution in [0.2, 0.25) is 0 Å². The smallest absolute Gasteiger partial charge is 0.289 e. The molecule has 0 saturated carbocycles. The van der Waals surface area contributed by atoms with Crippen LogP contribution in [-0.4, -0.2) is 55.5 Å².